The first-order valence-corrected chi connectivity index (χ1v) is 9.28. The van der Waals surface area contributed by atoms with E-state index in [2.05, 4.69) is 22.5 Å². The van der Waals surface area contributed by atoms with Crippen LogP contribution in [0.3, 0.4) is 0 Å². The monoisotopic (exact) mass is 364 g/mol. The van der Waals surface area contributed by atoms with Crippen molar-refractivity contribution in [3.05, 3.63) is 17.7 Å². The third-order valence-electron chi connectivity index (χ3n) is 4.76. The van der Waals surface area contributed by atoms with Crippen molar-refractivity contribution >= 4 is 18.3 Å². The fraction of sp³-hybridized carbons (Fsp3) is 0.667. The predicted molar refractivity (Wildman–Crippen MR) is 95.7 cm³/mol. The maximum atomic E-state index is 12.2. The quantitative estimate of drug-likeness (QED) is 0.497. The van der Waals surface area contributed by atoms with Crippen LogP contribution in [0.25, 0.3) is 0 Å². The highest BCUT2D eigenvalue weighted by Crippen LogP contribution is 2.28. The second-order valence-electron chi connectivity index (χ2n) is 6.83. The molecule has 1 aliphatic carbocycles. The largest absolute Gasteiger partial charge is 0.483 e. The molecule has 2 aliphatic rings. The molecule has 0 radical (unpaired) electrons. The standard InChI is InChI=1S/C17H26N4O2.CH2O2/c1-2-3-8-18-17(23)15-14-7-6-13(10-21(14)11-20-15)16(22)19-9-12-4-5-12;2-1-3/h11-13H,2-10H2,1H3,(H,18,23)(H,19,22);1H,(H,2,3). The lowest BCUT2D eigenvalue weighted by molar-refractivity contribution is -0.126. The van der Waals surface area contributed by atoms with E-state index in [0.717, 1.165) is 37.9 Å². The number of amides is 2. The number of carbonyl (C=O) groups is 3. The van der Waals surface area contributed by atoms with Crippen LogP contribution >= 0.6 is 0 Å². The summed E-state index contributed by atoms with van der Waals surface area (Å²) in [6, 6.07) is 0. The Morgan fingerprint density at radius 1 is 1.35 bits per heavy atom. The second-order valence-corrected chi connectivity index (χ2v) is 6.83. The topological polar surface area (TPSA) is 113 Å². The Bertz CT molecular complexity index is 625. The smallest absolute Gasteiger partial charge is 0.290 e. The number of nitrogens with zero attached hydrogens (tertiary/aromatic N) is 2. The van der Waals surface area contributed by atoms with Crippen molar-refractivity contribution in [2.24, 2.45) is 11.8 Å². The molecule has 3 rings (SSSR count). The molecule has 0 bridgehead atoms. The van der Waals surface area contributed by atoms with E-state index in [1.807, 2.05) is 4.57 Å². The summed E-state index contributed by atoms with van der Waals surface area (Å²) in [5.74, 6) is 0.741. The number of aromatic nitrogens is 2. The number of hydrogen-bond acceptors (Lipinski definition) is 4. The molecule has 1 saturated carbocycles. The molecule has 1 unspecified atom stereocenters. The van der Waals surface area contributed by atoms with Crippen LogP contribution in [0.2, 0.25) is 0 Å². The minimum Gasteiger partial charge on any atom is -0.483 e. The fourth-order valence-corrected chi connectivity index (χ4v) is 3.04. The average molecular weight is 364 g/mol. The predicted octanol–water partition coefficient (Wildman–Crippen LogP) is 1.20. The molecule has 0 aromatic carbocycles. The summed E-state index contributed by atoms with van der Waals surface area (Å²) in [5.41, 5.74) is 1.49. The van der Waals surface area contributed by atoms with Crippen molar-refractivity contribution in [3.63, 3.8) is 0 Å². The Kier molecular flexibility index (Phi) is 7.62. The van der Waals surface area contributed by atoms with Crippen LogP contribution in [0.4, 0.5) is 0 Å². The van der Waals surface area contributed by atoms with E-state index in [4.69, 9.17) is 9.90 Å². The summed E-state index contributed by atoms with van der Waals surface area (Å²) >= 11 is 0. The number of carboxylic acid groups (broad SMARTS) is 1. The van der Waals surface area contributed by atoms with Gasteiger partial charge in [-0.05, 0) is 38.0 Å². The van der Waals surface area contributed by atoms with E-state index >= 15 is 0 Å². The van der Waals surface area contributed by atoms with Crippen LogP contribution in [-0.4, -0.2) is 46.0 Å². The SMILES string of the molecule is CCCCNC(=O)c1ncn2c1CCC(C(=O)NCC1CC1)C2.O=CO. The van der Waals surface area contributed by atoms with Gasteiger partial charge in [0, 0.05) is 19.6 Å². The summed E-state index contributed by atoms with van der Waals surface area (Å²) in [7, 11) is 0. The molecule has 26 heavy (non-hydrogen) atoms. The molecule has 1 aromatic rings. The van der Waals surface area contributed by atoms with Crippen molar-refractivity contribution in [2.75, 3.05) is 13.1 Å². The van der Waals surface area contributed by atoms with E-state index < -0.39 is 0 Å². The first kappa shape index (κ1) is 19.9. The van der Waals surface area contributed by atoms with Gasteiger partial charge in [-0.25, -0.2) is 4.98 Å². The number of rotatable bonds is 7. The van der Waals surface area contributed by atoms with Crippen molar-refractivity contribution in [1.82, 2.24) is 20.2 Å². The van der Waals surface area contributed by atoms with E-state index in [0.29, 0.717) is 24.7 Å². The van der Waals surface area contributed by atoms with Gasteiger partial charge < -0.3 is 20.3 Å². The van der Waals surface area contributed by atoms with Crippen LogP contribution in [0, 0.1) is 11.8 Å². The number of unbranched alkanes of at least 4 members (excludes halogenated alkanes) is 1. The van der Waals surface area contributed by atoms with E-state index in [1.165, 1.54) is 12.8 Å². The van der Waals surface area contributed by atoms with Crippen LogP contribution in [0.1, 0.15) is 55.2 Å². The molecule has 1 fully saturated rings. The third kappa shape index (κ3) is 5.57. The third-order valence-corrected chi connectivity index (χ3v) is 4.76. The summed E-state index contributed by atoms with van der Waals surface area (Å²) in [5, 5.41) is 12.9. The zero-order chi connectivity index (χ0) is 18.9. The molecule has 1 aromatic heterocycles. The average Bonchev–Trinajstić information content (AvgIpc) is 3.37. The zero-order valence-corrected chi connectivity index (χ0v) is 15.2. The van der Waals surface area contributed by atoms with E-state index in [-0.39, 0.29) is 24.2 Å². The molecule has 8 nitrogen and oxygen atoms in total. The number of fused-ring (bicyclic) bond motifs is 1. The Hall–Kier alpha value is -2.38. The van der Waals surface area contributed by atoms with Crippen LogP contribution in [-0.2, 0) is 22.6 Å². The van der Waals surface area contributed by atoms with Crippen LogP contribution in [0.5, 0.6) is 0 Å². The highest BCUT2D eigenvalue weighted by atomic mass is 16.3. The molecule has 1 aliphatic heterocycles. The molecule has 8 heteroatoms. The molecule has 0 saturated heterocycles. The molecule has 1 atom stereocenters. The molecule has 2 amide bonds. The second kappa shape index (κ2) is 9.94. The minimum absolute atomic E-state index is 0.00791. The van der Waals surface area contributed by atoms with Crippen molar-refractivity contribution in [2.45, 2.75) is 52.0 Å². The van der Waals surface area contributed by atoms with Gasteiger partial charge in [0.05, 0.1) is 17.9 Å². The summed E-state index contributed by atoms with van der Waals surface area (Å²) in [6.07, 6.45) is 7.74. The Morgan fingerprint density at radius 2 is 2.08 bits per heavy atom. The normalized spacial score (nSPS) is 18.1. The van der Waals surface area contributed by atoms with Crippen molar-refractivity contribution in [1.29, 1.82) is 0 Å². The molecular formula is C18H28N4O4. The highest BCUT2D eigenvalue weighted by Gasteiger charge is 2.29. The Balaban J connectivity index is 0.000000758. The first-order chi connectivity index (χ1) is 12.6. The molecular weight excluding hydrogens is 336 g/mol. The molecule has 144 valence electrons. The lowest BCUT2D eigenvalue weighted by Gasteiger charge is -2.24. The summed E-state index contributed by atoms with van der Waals surface area (Å²) in [6.45, 7) is 3.98. The van der Waals surface area contributed by atoms with Crippen LogP contribution in [0.15, 0.2) is 6.33 Å². The molecule has 0 spiro atoms. The van der Waals surface area contributed by atoms with Gasteiger partial charge in [-0.15, -0.1) is 0 Å². The number of hydrogen-bond donors (Lipinski definition) is 3. The van der Waals surface area contributed by atoms with Crippen molar-refractivity contribution in [3.8, 4) is 0 Å². The van der Waals surface area contributed by atoms with E-state index in [1.54, 1.807) is 6.33 Å². The molecule has 3 N–H and O–H groups in total. The lowest BCUT2D eigenvalue weighted by Crippen LogP contribution is -2.37. The van der Waals surface area contributed by atoms with Gasteiger partial charge in [0.2, 0.25) is 5.91 Å². The Labute approximate surface area is 153 Å². The van der Waals surface area contributed by atoms with Crippen LogP contribution < -0.4 is 10.6 Å². The number of carbonyl (C=O) groups excluding carboxylic acids is 2. The fourth-order valence-electron chi connectivity index (χ4n) is 3.04. The van der Waals surface area contributed by atoms with E-state index in [9.17, 15) is 9.59 Å². The van der Waals surface area contributed by atoms with Gasteiger partial charge >= 0.3 is 0 Å². The van der Waals surface area contributed by atoms with Gasteiger partial charge in [0.25, 0.3) is 12.4 Å². The highest BCUT2D eigenvalue weighted by molar-refractivity contribution is 5.93. The maximum Gasteiger partial charge on any atom is 0.290 e. The van der Waals surface area contributed by atoms with Gasteiger partial charge in [-0.2, -0.15) is 0 Å². The first-order valence-electron chi connectivity index (χ1n) is 9.28. The molecule has 2 heterocycles. The van der Waals surface area contributed by atoms with Gasteiger partial charge in [0.15, 0.2) is 0 Å². The number of nitrogens with one attached hydrogen (secondary N) is 2. The van der Waals surface area contributed by atoms with Gasteiger partial charge in [-0.1, -0.05) is 13.3 Å². The summed E-state index contributed by atoms with van der Waals surface area (Å²) in [4.78, 5) is 37.1. The maximum absolute atomic E-state index is 12.2. The van der Waals surface area contributed by atoms with Crippen molar-refractivity contribution < 1.29 is 19.5 Å². The lowest BCUT2D eigenvalue weighted by atomic mass is 9.96. The number of imidazole rings is 1. The zero-order valence-electron chi connectivity index (χ0n) is 15.2. The minimum atomic E-state index is -0.250. The summed E-state index contributed by atoms with van der Waals surface area (Å²) < 4.78 is 1.97. The Morgan fingerprint density at radius 3 is 2.73 bits per heavy atom. The van der Waals surface area contributed by atoms with Gasteiger partial charge in [-0.3, -0.25) is 14.4 Å². The van der Waals surface area contributed by atoms with Gasteiger partial charge in [0.1, 0.15) is 5.69 Å².